The summed E-state index contributed by atoms with van der Waals surface area (Å²) in [5.41, 5.74) is 2.15. The number of nitro groups is 1. The highest BCUT2D eigenvalue weighted by Gasteiger charge is 2.19. The van der Waals surface area contributed by atoms with Crippen LogP contribution in [-0.2, 0) is 9.53 Å². The van der Waals surface area contributed by atoms with Gasteiger partial charge in [0.25, 0.3) is 5.69 Å². The van der Waals surface area contributed by atoms with E-state index in [1.165, 1.54) is 23.9 Å². The number of nitro benzene ring substituents is 1. The van der Waals surface area contributed by atoms with Crippen molar-refractivity contribution >= 4 is 35.0 Å². The lowest BCUT2D eigenvalue weighted by Crippen LogP contribution is -2.15. The van der Waals surface area contributed by atoms with E-state index < -0.39 is 10.9 Å². The Morgan fingerprint density at radius 1 is 1.03 bits per heavy atom. The predicted molar refractivity (Wildman–Crippen MR) is 135 cm³/mol. The molecule has 0 fully saturated rings. The maximum atomic E-state index is 12.6. The Kier molecular flexibility index (Phi) is 7.71. The van der Waals surface area contributed by atoms with Gasteiger partial charge in [-0.2, -0.15) is 0 Å². The van der Waals surface area contributed by atoms with Crippen molar-refractivity contribution in [2.75, 3.05) is 17.7 Å². The van der Waals surface area contributed by atoms with Crippen LogP contribution in [0.3, 0.4) is 0 Å². The van der Waals surface area contributed by atoms with Crippen molar-refractivity contribution in [3.63, 3.8) is 0 Å². The summed E-state index contributed by atoms with van der Waals surface area (Å²) in [5, 5.41) is 23.0. The van der Waals surface area contributed by atoms with Crippen LogP contribution in [-0.4, -0.2) is 43.9 Å². The summed E-state index contributed by atoms with van der Waals surface area (Å²) in [4.78, 5) is 35.2. The lowest BCUT2D eigenvalue weighted by molar-refractivity contribution is -0.384. The number of thioether (sulfide) groups is 1. The summed E-state index contributed by atoms with van der Waals surface area (Å²) in [6.07, 6.45) is 0. The zero-order valence-electron chi connectivity index (χ0n) is 19.2. The number of hydrogen-bond donors (Lipinski definition) is 1. The van der Waals surface area contributed by atoms with E-state index >= 15 is 0 Å². The van der Waals surface area contributed by atoms with Gasteiger partial charge < -0.3 is 10.1 Å². The fourth-order valence-corrected chi connectivity index (χ4v) is 4.10. The van der Waals surface area contributed by atoms with Gasteiger partial charge in [0.2, 0.25) is 5.91 Å². The number of carbonyl (C=O) groups excluding carboxylic acids is 2. The number of amides is 1. The molecule has 0 aliphatic carbocycles. The average molecular weight is 504 g/mol. The number of nitrogens with one attached hydrogen (secondary N) is 1. The maximum absolute atomic E-state index is 12.6. The standard InChI is InChI=1S/C25H21N5O5S/c1-2-35-24(32)17-11-13-19(14-12-17)26-22(31)16-36-25-28-27-23(29(25)20-8-4-3-5-9-20)18-7-6-10-21(15-18)30(33)34/h3-15H,2,16H2,1H3,(H,26,31). The van der Waals surface area contributed by atoms with Crippen LogP contribution in [0.5, 0.6) is 0 Å². The molecule has 4 rings (SSSR count). The number of para-hydroxylation sites is 1. The second kappa shape index (κ2) is 11.3. The molecule has 1 amide bonds. The molecule has 0 aliphatic rings. The molecule has 1 N–H and O–H groups in total. The first-order chi connectivity index (χ1) is 17.5. The number of nitrogens with zero attached hydrogens (tertiary/aromatic N) is 4. The molecule has 0 aliphatic heterocycles. The minimum Gasteiger partial charge on any atom is -0.462 e. The zero-order valence-corrected chi connectivity index (χ0v) is 20.0. The van der Waals surface area contributed by atoms with Gasteiger partial charge in [-0.3, -0.25) is 19.5 Å². The van der Waals surface area contributed by atoms with E-state index in [4.69, 9.17) is 4.74 Å². The first-order valence-corrected chi connectivity index (χ1v) is 11.9. The molecule has 1 aromatic heterocycles. The molecule has 0 atom stereocenters. The number of aromatic nitrogens is 3. The van der Waals surface area contributed by atoms with Gasteiger partial charge in [0.05, 0.1) is 22.8 Å². The lowest BCUT2D eigenvalue weighted by atomic mass is 10.2. The van der Waals surface area contributed by atoms with Gasteiger partial charge in [-0.05, 0) is 43.3 Å². The Balaban J connectivity index is 1.52. The fourth-order valence-electron chi connectivity index (χ4n) is 3.35. The van der Waals surface area contributed by atoms with Gasteiger partial charge in [0.15, 0.2) is 11.0 Å². The van der Waals surface area contributed by atoms with Gasteiger partial charge in [-0.15, -0.1) is 10.2 Å². The molecule has 36 heavy (non-hydrogen) atoms. The highest BCUT2D eigenvalue weighted by molar-refractivity contribution is 7.99. The largest absolute Gasteiger partial charge is 0.462 e. The van der Waals surface area contributed by atoms with Crippen molar-refractivity contribution in [1.29, 1.82) is 0 Å². The Bertz CT molecular complexity index is 1390. The quantitative estimate of drug-likeness (QED) is 0.150. The Hall–Kier alpha value is -4.51. The first-order valence-electron chi connectivity index (χ1n) is 10.9. The van der Waals surface area contributed by atoms with Crippen molar-refractivity contribution in [1.82, 2.24) is 14.8 Å². The summed E-state index contributed by atoms with van der Waals surface area (Å²) < 4.78 is 6.71. The van der Waals surface area contributed by atoms with E-state index in [1.807, 2.05) is 30.3 Å². The molecule has 10 nitrogen and oxygen atoms in total. The minimum atomic E-state index is -0.466. The summed E-state index contributed by atoms with van der Waals surface area (Å²) in [5.74, 6) is -0.240. The number of hydrogen-bond acceptors (Lipinski definition) is 8. The van der Waals surface area contributed by atoms with Crippen molar-refractivity contribution in [2.45, 2.75) is 12.1 Å². The number of non-ortho nitro benzene ring substituents is 1. The molecular formula is C25H21N5O5S. The molecule has 3 aromatic carbocycles. The van der Waals surface area contributed by atoms with Crippen LogP contribution in [0.2, 0.25) is 0 Å². The molecule has 0 bridgehead atoms. The van der Waals surface area contributed by atoms with Crippen LogP contribution >= 0.6 is 11.8 Å². The average Bonchev–Trinajstić information content (AvgIpc) is 3.32. The zero-order chi connectivity index (χ0) is 25.5. The normalized spacial score (nSPS) is 10.6. The summed E-state index contributed by atoms with van der Waals surface area (Å²) in [6, 6.07) is 21.9. The first kappa shape index (κ1) is 24.6. The molecule has 4 aromatic rings. The molecule has 0 spiro atoms. The maximum Gasteiger partial charge on any atom is 0.338 e. The smallest absolute Gasteiger partial charge is 0.338 e. The summed E-state index contributed by atoms with van der Waals surface area (Å²) in [7, 11) is 0. The molecule has 182 valence electrons. The number of benzene rings is 3. The van der Waals surface area contributed by atoms with Crippen molar-refractivity contribution in [2.24, 2.45) is 0 Å². The van der Waals surface area contributed by atoms with E-state index in [9.17, 15) is 19.7 Å². The second-order valence-electron chi connectivity index (χ2n) is 7.42. The monoisotopic (exact) mass is 503 g/mol. The van der Waals surface area contributed by atoms with Crippen molar-refractivity contribution in [3.8, 4) is 17.1 Å². The third kappa shape index (κ3) is 5.76. The molecule has 0 saturated heterocycles. The topological polar surface area (TPSA) is 129 Å². The third-order valence-electron chi connectivity index (χ3n) is 4.98. The molecular weight excluding hydrogens is 482 g/mol. The van der Waals surface area contributed by atoms with Gasteiger partial charge in [-0.25, -0.2) is 4.79 Å². The van der Waals surface area contributed by atoms with E-state index in [-0.39, 0.29) is 24.0 Å². The van der Waals surface area contributed by atoms with Crippen LogP contribution in [0.4, 0.5) is 11.4 Å². The van der Waals surface area contributed by atoms with Gasteiger partial charge in [0.1, 0.15) is 0 Å². The number of carbonyl (C=O) groups is 2. The van der Waals surface area contributed by atoms with Crippen LogP contribution in [0.1, 0.15) is 17.3 Å². The van der Waals surface area contributed by atoms with Crippen LogP contribution in [0.15, 0.2) is 84.0 Å². The number of rotatable bonds is 9. The Morgan fingerprint density at radius 2 is 1.78 bits per heavy atom. The van der Waals surface area contributed by atoms with Crippen LogP contribution < -0.4 is 5.32 Å². The second-order valence-corrected chi connectivity index (χ2v) is 8.36. The lowest BCUT2D eigenvalue weighted by Gasteiger charge is -2.10. The van der Waals surface area contributed by atoms with E-state index in [0.717, 1.165) is 5.69 Å². The van der Waals surface area contributed by atoms with Gasteiger partial charge in [0, 0.05) is 29.1 Å². The highest BCUT2D eigenvalue weighted by atomic mass is 32.2. The molecule has 0 radical (unpaired) electrons. The minimum absolute atomic E-state index is 0.0412. The van der Waals surface area contributed by atoms with Crippen molar-refractivity contribution < 1.29 is 19.2 Å². The van der Waals surface area contributed by atoms with E-state index in [1.54, 1.807) is 47.9 Å². The molecule has 0 unspecified atom stereocenters. The molecule has 1 heterocycles. The number of anilines is 1. The van der Waals surface area contributed by atoms with Gasteiger partial charge >= 0.3 is 5.97 Å². The summed E-state index contributed by atoms with van der Waals surface area (Å²) in [6.45, 7) is 2.01. The number of esters is 1. The van der Waals surface area contributed by atoms with Gasteiger partial charge in [-0.1, -0.05) is 42.1 Å². The third-order valence-corrected chi connectivity index (χ3v) is 5.90. The summed E-state index contributed by atoms with van der Waals surface area (Å²) >= 11 is 1.18. The fraction of sp³-hybridized carbons (Fsp3) is 0.120. The SMILES string of the molecule is CCOC(=O)c1ccc(NC(=O)CSc2nnc(-c3cccc([N+](=O)[O-])c3)n2-c2ccccc2)cc1. The van der Waals surface area contributed by atoms with E-state index in [2.05, 4.69) is 15.5 Å². The molecule has 0 saturated carbocycles. The molecule has 11 heteroatoms. The number of ether oxygens (including phenoxy) is 1. The highest BCUT2D eigenvalue weighted by Crippen LogP contribution is 2.29. The Morgan fingerprint density at radius 3 is 2.47 bits per heavy atom. The van der Waals surface area contributed by atoms with E-state index in [0.29, 0.717) is 27.8 Å². The van der Waals surface area contributed by atoms with Crippen LogP contribution in [0, 0.1) is 10.1 Å². The Labute approximate surface area is 210 Å². The van der Waals surface area contributed by atoms with Crippen molar-refractivity contribution in [3.05, 3.63) is 94.5 Å². The van der Waals surface area contributed by atoms with Crippen LogP contribution in [0.25, 0.3) is 17.1 Å². The predicted octanol–water partition coefficient (Wildman–Crippen LogP) is 4.75.